The number of carbonyl (C=O) groups is 4. The molecule has 0 aliphatic carbocycles. The molecular formula is C19H16ClN5O5. The molecule has 2 aromatic rings. The number of carbonyl (C=O) groups excluding carboxylic acids is 3. The molecule has 30 heavy (non-hydrogen) atoms. The molecule has 10 nitrogen and oxygen atoms in total. The van der Waals surface area contributed by atoms with Crippen LogP contribution in [0, 0.1) is 0 Å². The van der Waals surface area contributed by atoms with Crippen LogP contribution in [0.15, 0.2) is 42.6 Å². The van der Waals surface area contributed by atoms with Gasteiger partial charge in [0.15, 0.2) is 0 Å². The molecule has 11 heteroatoms. The smallest absolute Gasteiger partial charge is 0.407 e. The minimum absolute atomic E-state index is 0.0884. The van der Waals surface area contributed by atoms with Crippen molar-refractivity contribution >= 4 is 46.9 Å². The summed E-state index contributed by atoms with van der Waals surface area (Å²) in [4.78, 5) is 56.4. The maximum Gasteiger partial charge on any atom is 0.407 e. The molecule has 5 amide bonds. The van der Waals surface area contributed by atoms with Gasteiger partial charge >= 0.3 is 12.1 Å². The van der Waals surface area contributed by atoms with Gasteiger partial charge in [-0.05, 0) is 30.3 Å². The maximum atomic E-state index is 12.8. The highest BCUT2D eigenvalue weighted by Gasteiger charge is 2.49. The molecule has 4 rings (SSSR count). The van der Waals surface area contributed by atoms with E-state index in [9.17, 15) is 19.2 Å². The van der Waals surface area contributed by atoms with Crippen LogP contribution in [0.4, 0.5) is 21.0 Å². The summed E-state index contributed by atoms with van der Waals surface area (Å²) in [6.07, 6.45) is 0.356. The average molecular weight is 430 g/mol. The zero-order valence-electron chi connectivity index (χ0n) is 15.5. The van der Waals surface area contributed by atoms with Crippen LogP contribution >= 0.6 is 11.6 Å². The fourth-order valence-electron chi connectivity index (χ4n) is 3.45. The molecule has 2 fully saturated rings. The first kappa shape index (κ1) is 19.6. The number of piperazine rings is 1. The fraction of sp³-hybridized carbons (Fsp3) is 0.211. The maximum absolute atomic E-state index is 12.8. The van der Waals surface area contributed by atoms with E-state index in [1.165, 1.54) is 29.3 Å². The lowest BCUT2D eigenvalue weighted by molar-refractivity contribution is -0.120. The summed E-state index contributed by atoms with van der Waals surface area (Å²) < 4.78 is 0. The van der Waals surface area contributed by atoms with E-state index in [1.54, 1.807) is 18.2 Å². The Kier molecular flexibility index (Phi) is 5.00. The van der Waals surface area contributed by atoms with Gasteiger partial charge in [0.05, 0.1) is 17.3 Å². The third-order valence-electron chi connectivity index (χ3n) is 4.94. The van der Waals surface area contributed by atoms with Crippen molar-refractivity contribution in [2.75, 3.05) is 29.9 Å². The second-order valence-electron chi connectivity index (χ2n) is 6.73. The molecule has 0 bridgehead atoms. The zero-order valence-corrected chi connectivity index (χ0v) is 16.2. The van der Waals surface area contributed by atoms with E-state index >= 15 is 0 Å². The van der Waals surface area contributed by atoms with Crippen molar-refractivity contribution in [3.05, 3.63) is 53.3 Å². The van der Waals surface area contributed by atoms with Crippen molar-refractivity contribution in [2.24, 2.45) is 0 Å². The molecule has 2 N–H and O–H groups in total. The number of amides is 5. The summed E-state index contributed by atoms with van der Waals surface area (Å²) in [5, 5.41) is 11.9. The molecule has 1 aromatic carbocycles. The van der Waals surface area contributed by atoms with Crippen LogP contribution in [0.1, 0.15) is 10.5 Å². The van der Waals surface area contributed by atoms with Crippen molar-refractivity contribution in [1.29, 1.82) is 0 Å². The molecule has 2 aliphatic heterocycles. The Morgan fingerprint density at radius 3 is 2.63 bits per heavy atom. The number of urea groups is 1. The van der Waals surface area contributed by atoms with Crippen LogP contribution in [0.5, 0.6) is 0 Å². The molecule has 0 saturated carbocycles. The SMILES string of the molecule is O=C(Nc1ccc(N2C(=O)C3CN(C(=O)O)CCN3C2=O)c(Cl)c1)c1ccccn1. The number of hydrogen-bond donors (Lipinski definition) is 2. The lowest BCUT2D eigenvalue weighted by Gasteiger charge is -2.33. The summed E-state index contributed by atoms with van der Waals surface area (Å²) in [7, 11) is 0. The highest BCUT2D eigenvalue weighted by Crippen LogP contribution is 2.34. The Morgan fingerprint density at radius 1 is 1.17 bits per heavy atom. The normalized spacial score (nSPS) is 18.4. The number of benzene rings is 1. The number of nitrogens with zero attached hydrogens (tertiary/aromatic N) is 4. The van der Waals surface area contributed by atoms with Gasteiger partial charge in [0.25, 0.3) is 11.8 Å². The fourth-order valence-corrected chi connectivity index (χ4v) is 3.71. The summed E-state index contributed by atoms with van der Waals surface area (Å²) >= 11 is 6.31. The molecule has 1 aromatic heterocycles. The second kappa shape index (κ2) is 7.64. The predicted octanol–water partition coefficient (Wildman–Crippen LogP) is 2.12. The summed E-state index contributed by atoms with van der Waals surface area (Å²) in [6, 6.07) is 7.90. The monoisotopic (exact) mass is 429 g/mol. The van der Waals surface area contributed by atoms with Crippen LogP contribution in [0.2, 0.25) is 5.02 Å². The number of carboxylic acid groups (broad SMARTS) is 1. The first-order valence-corrected chi connectivity index (χ1v) is 9.39. The summed E-state index contributed by atoms with van der Waals surface area (Å²) in [5.74, 6) is -0.975. The van der Waals surface area contributed by atoms with Gasteiger partial charge in [-0.15, -0.1) is 0 Å². The zero-order chi connectivity index (χ0) is 21.4. The van der Waals surface area contributed by atoms with Crippen molar-refractivity contribution in [1.82, 2.24) is 14.8 Å². The van der Waals surface area contributed by atoms with Crippen molar-refractivity contribution in [2.45, 2.75) is 6.04 Å². The first-order valence-electron chi connectivity index (χ1n) is 9.01. The van der Waals surface area contributed by atoms with Gasteiger partial charge in [0.2, 0.25) is 0 Å². The van der Waals surface area contributed by atoms with Gasteiger partial charge < -0.3 is 20.2 Å². The number of pyridine rings is 1. The summed E-state index contributed by atoms with van der Waals surface area (Å²) in [6.45, 7) is 0.158. The Labute approximate surface area is 175 Å². The first-order chi connectivity index (χ1) is 14.4. The van der Waals surface area contributed by atoms with Gasteiger partial charge in [-0.25, -0.2) is 14.5 Å². The third kappa shape index (κ3) is 3.41. The van der Waals surface area contributed by atoms with E-state index in [1.807, 2.05) is 0 Å². The van der Waals surface area contributed by atoms with E-state index in [0.29, 0.717) is 5.69 Å². The lowest BCUT2D eigenvalue weighted by atomic mass is 10.2. The minimum Gasteiger partial charge on any atom is -0.465 e. The molecule has 0 spiro atoms. The summed E-state index contributed by atoms with van der Waals surface area (Å²) in [5.41, 5.74) is 0.759. The minimum atomic E-state index is -1.14. The highest BCUT2D eigenvalue weighted by atomic mass is 35.5. The van der Waals surface area contributed by atoms with Crippen molar-refractivity contribution < 1.29 is 24.3 Å². The Morgan fingerprint density at radius 2 is 1.97 bits per heavy atom. The van der Waals surface area contributed by atoms with E-state index in [2.05, 4.69) is 10.3 Å². The van der Waals surface area contributed by atoms with Crippen molar-refractivity contribution in [3.8, 4) is 0 Å². The van der Waals surface area contributed by atoms with E-state index in [-0.39, 0.29) is 36.0 Å². The third-order valence-corrected chi connectivity index (χ3v) is 5.24. The van der Waals surface area contributed by atoms with E-state index in [0.717, 1.165) is 9.80 Å². The Hall–Kier alpha value is -3.66. The highest BCUT2D eigenvalue weighted by molar-refractivity contribution is 6.36. The Bertz CT molecular complexity index is 1050. The van der Waals surface area contributed by atoms with Crippen LogP contribution in [0.25, 0.3) is 0 Å². The number of fused-ring (bicyclic) bond motifs is 1. The predicted molar refractivity (Wildman–Crippen MR) is 107 cm³/mol. The number of anilines is 2. The van der Waals surface area contributed by atoms with Crippen LogP contribution in [-0.4, -0.2) is 69.5 Å². The molecule has 0 radical (unpaired) electrons. The molecule has 3 heterocycles. The molecule has 2 aliphatic rings. The average Bonchev–Trinajstić information content (AvgIpc) is 2.99. The van der Waals surface area contributed by atoms with Gasteiger partial charge in [-0.2, -0.15) is 0 Å². The molecule has 2 saturated heterocycles. The number of imide groups is 1. The number of rotatable bonds is 3. The number of aromatic nitrogens is 1. The quantitative estimate of drug-likeness (QED) is 0.720. The topological polar surface area (TPSA) is 123 Å². The van der Waals surface area contributed by atoms with Gasteiger partial charge in [0.1, 0.15) is 11.7 Å². The standard InChI is InChI=1S/C19H16ClN5O5/c20-12-9-11(22-16(26)13-3-1-2-6-21-13)4-5-14(12)25-17(27)15-10-23(19(29)30)7-8-24(15)18(25)28/h1-6,9,15H,7-8,10H2,(H,22,26)(H,29,30). The molecule has 1 unspecified atom stereocenters. The molecule has 154 valence electrons. The number of halogens is 1. The number of hydrogen-bond acceptors (Lipinski definition) is 5. The van der Waals surface area contributed by atoms with Crippen molar-refractivity contribution in [3.63, 3.8) is 0 Å². The van der Waals surface area contributed by atoms with Crippen LogP contribution < -0.4 is 10.2 Å². The van der Waals surface area contributed by atoms with E-state index < -0.39 is 30.0 Å². The molecular weight excluding hydrogens is 414 g/mol. The molecule has 1 atom stereocenters. The largest absolute Gasteiger partial charge is 0.465 e. The van der Waals surface area contributed by atoms with Gasteiger partial charge in [0, 0.05) is 25.0 Å². The van der Waals surface area contributed by atoms with Crippen LogP contribution in [-0.2, 0) is 4.79 Å². The second-order valence-corrected chi connectivity index (χ2v) is 7.14. The lowest BCUT2D eigenvalue weighted by Crippen LogP contribution is -2.54. The number of nitrogens with one attached hydrogen (secondary N) is 1. The van der Waals surface area contributed by atoms with Gasteiger partial charge in [-0.3, -0.25) is 14.6 Å². The van der Waals surface area contributed by atoms with Gasteiger partial charge in [-0.1, -0.05) is 17.7 Å². The Balaban J connectivity index is 1.54. The van der Waals surface area contributed by atoms with E-state index in [4.69, 9.17) is 16.7 Å². The van der Waals surface area contributed by atoms with Crippen LogP contribution in [0.3, 0.4) is 0 Å².